The number of hydrogen-bond acceptors (Lipinski definition) is 7. The number of benzene rings is 2. The maximum Gasteiger partial charge on any atom is 0.297 e. The molecule has 8 heteroatoms. The molecule has 162 valence electrons. The van der Waals surface area contributed by atoms with Crippen molar-refractivity contribution in [3.05, 3.63) is 94.1 Å². The Bertz CT molecular complexity index is 1590. The summed E-state index contributed by atoms with van der Waals surface area (Å²) >= 11 is 1.37. The molecule has 0 saturated carbocycles. The van der Waals surface area contributed by atoms with E-state index in [-0.39, 0.29) is 11.2 Å². The number of aromatic nitrogens is 2. The van der Waals surface area contributed by atoms with E-state index in [1.54, 1.807) is 42.7 Å². The number of para-hydroxylation sites is 1. The summed E-state index contributed by atoms with van der Waals surface area (Å²) in [6, 6.07) is 15.5. The normalized spacial score (nSPS) is 15.4. The van der Waals surface area contributed by atoms with Crippen molar-refractivity contribution in [2.45, 2.75) is 13.0 Å². The molecule has 1 amide bonds. The number of amides is 1. The molecule has 7 nitrogen and oxygen atoms in total. The summed E-state index contributed by atoms with van der Waals surface area (Å²) in [5.74, 6) is 0.385. The molecule has 0 spiro atoms. The van der Waals surface area contributed by atoms with E-state index in [0.29, 0.717) is 33.8 Å². The third-order valence-electron chi connectivity index (χ3n) is 5.64. The fourth-order valence-corrected chi connectivity index (χ4v) is 5.24. The standard InChI is InChI=1S/C25H17N3O4S/c1-2-31-15-9-10-17-19(12-15)33-25(27-17)28-21(14-6-5-11-26-13-14)20-22(29)16-7-3-4-8-18(16)32-23(20)24(28)30/h3-13,21H,2H2,1H3. The van der Waals surface area contributed by atoms with Gasteiger partial charge in [-0.05, 0) is 48.9 Å². The van der Waals surface area contributed by atoms with Gasteiger partial charge in [0.25, 0.3) is 5.91 Å². The molecule has 0 fully saturated rings. The monoisotopic (exact) mass is 455 g/mol. The minimum absolute atomic E-state index is 0.0433. The van der Waals surface area contributed by atoms with E-state index in [1.807, 2.05) is 31.2 Å². The number of pyridine rings is 1. The van der Waals surface area contributed by atoms with Crippen molar-refractivity contribution in [3.8, 4) is 5.75 Å². The second-order valence-electron chi connectivity index (χ2n) is 7.59. The van der Waals surface area contributed by atoms with Crippen LogP contribution >= 0.6 is 11.3 Å². The van der Waals surface area contributed by atoms with E-state index in [9.17, 15) is 9.59 Å². The molecule has 0 aliphatic carbocycles. The van der Waals surface area contributed by atoms with Crippen LogP contribution in [0, 0.1) is 0 Å². The fraction of sp³-hybridized carbons (Fsp3) is 0.120. The van der Waals surface area contributed by atoms with Gasteiger partial charge in [0.1, 0.15) is 11.3 Å². The highest BCUT2D eigenvalue weighted by Gasteiger charge is 2.45. The van der Waals surface area contributed by atoms with Gasteiger partial charge in [0.2, 0.25) is 5.76 Å². The lowest BCUT2D eigenvalue weighted by atomic mass is 10.0. The van der Waals surface area contributed by atoms with Gasteiger partial charge < -0.3 is 9.15 Å². The second-order valence-corrected chi connectivity index (χ2v) is 8.60. The Labute approximate surface area is 191 Å². The molecule has 0 saturated heterocycles. The van der Waals surface area contributed by atoms with Gasteiger partial charge in [-0.25, -0.2) is 4.98 Å². The first kappa shape index (κ1) is 19.6. The molecule has 0 bridgehead atoms. The lowest BCUT2D eigenvalue weighted by Gasteiger charge is -2.22. The van der Waals surface area contributed by atoms with Crippen LogP contribution in [0.15, 0.2) is 76.2 Å². The molecular formula is C25H17N3O4S. The summed E-state index contributed by atoms with van der Waals surface area (Å²) in [4.78, 5) is 37.6. The van der Waals surface area contributed by atoms with Crippen LogP contribution in [0.25, 0.3) is 21.2 Å². The number of ether oxygens (including phenoxy) is 1. The Kier molecular flexibility index (Phi) is 4.48. The van der Waals surface area contributed by atoms with Crippen LogP contribution in [0.5, 0.6) is 5.75 Å². The van der Waals surface area contributed by atoms with Crippen LogP contribution in [0.2, 0.25) is 0 Å². The maximum atomic E-state index is 13.6. The maximum absolute atomic E-state index is 13.6. The molecule has 0 N–H and O–H groups in total. The molecule has 1 atom stereocenters. The number of anilines is 1. The summed E-state index contributed by atoms with van der Waals surface area (Å²) in [5, 5.41) is 0.915. The van der Waals surface area contributed by atoms with Crippen molar-refractivity contribution in [1.82, 2.24) is 9.97 Å². The molecule has 1 aliphatic heterocycles. The molecule has 2 aromatic carbocycles. The van der Waals surface area contributed by atoms with Gasteiger partial charge in [0.15, 0.2) is 10.6 Å². The van der Waals surface area contributed by atoms with Crippen LogP contribution < -0.4 is 15.1 Å². The Morgan fingerprint density at radius 1 is 1.12 bits per heavy atom. The van der Waals surface area contributed by atoms with Crippen LogP contribution in [0.1, 0.15) is 34.6 Å². The molecule has 1 aliphatic rings. The summed E-state index contributed by atoms with van der Waals surface area (Å²) in [5.41, 5.74) is 1.92. The number of carbonyl (C=O) groups is 1. The molecule has 5 aromatic rings. The van der Waals surface area contributed by atoms with Gasteiger partial charge in [0.05, 0.1) is 33.8 Å². The summed E-state index contributed by atoms with van der Waals surface area (Å²) in [6.45, 7) is 2.48. The van der Waals surface area contributed by atoms with Gasteiger partial charge >= 0.3 is 0 Å². The smallest absolute Gasteiger partial charge is 0.297 e. The van der Waals surface area contributed by atoms with Crippen molar-refractivity contribution in [3.63, 3.8) is 0 Å². The van der Waals surface area contributed by atoms with Crippen LogP contribution in [-0.2, 0) is 0 Å². The zero-order valence-electron chi connectivity index (χ0n) is 17.5. The average Bonchev–Trinajstić information content (AvgIpc) is 3.38. The Balaban J connectivity index is 1.58. The fourth-order valence-electron chi connectivity index (χ4n) is 4.22. The zero-order chi connectivity index (χ0) is 22.5. The molecular weight excluding hydrogens is 438 g/mol. The van der Waals surface area contributed by atoms with E-state index < -0.39 is 11.9 Å². The summed E-state index contributed by atoms with van der Waals surface area (Å²) in [7, 11) is 0. The predicted molar refractivity (Wildman–Crippen MR) is 126 cm³/mol. The lowest BCUT2D eigenvalue weighted by Crippen LogP contribution is -2.29. The number of rotatable bonds is 4. The van der Waals surface area contributed by atoms with Crippen LogP contribution in [0.4, 0.5) is 5.13 Å². The van der Waals surface area contributed by atoms with Crippen molar-refractivity contribution in [2.24, 2.45) is 0 Å². The van der Waals surface area contributed by atoms with E-state index in [0.717, 1.165) is 16.0 Å². The van der Waals surface area contributed by atoms with Crippen molar-refractivity contribution >= 4 is 43.6 Å². The number of thiazole rings is 1. The van der Waals surface area contributed by atoms with E-state index >= 15 is 0 Å². The molecule has 0 radical (unpaired) electrons. The van der Waals surface area contributed by atoms with Crippen molar-refractivity contribution in [2.75, 3.05) is 11.5 Å². The first-order valence-corrected chi connectivity index (χ1v) is 11.3. The van der Waals surface area contributed by atoms with Gasteiger partial charge in [-0.1, -0.05) is 29.5 Å². The van der Waals surface area contributed by atoms with Gasteiger partial charge in [-0.2, -0.15) is 0 Å². The van der Waals surface area contributed by atoms with E-state index in [1.165, 1.54) is 16.2 Å². The highest BCUT2D eigenvalue weighted by molar-refractivity contribution is 7.22. The number of nitrogens with zero attached hydrogens (tertiary/aromatic N) is 3. The quantitative estimate of drug-likeness (QED) is 0.381. The van der Waals surface area contributed by atoms with Crippen LogP contribution in [0.3, 0.4) is 0 Å². The molecule has 1 unspecified atom stereocenters. The third-order valence-corrected chi connectivity index (χ3v) is 6.66. The zero-order valence-corrected chi connectivity index (χ0v) is 18.3. The largest absolute Gasteiger partial charge is 0.494 e. The number of fused-ring (bicyclic) bond motifs is 3. The first-order valence-electron chi connectivity index (χ1n) is 10.5. The van der Waals surface area contributed by atoms with Crippen molar-refractivity contribution in [1.29, 1.82) is 0 Å². The van der Waals surface area contributed by atoms with Gasteiger partial charge in [0, 0.05) is 12.4 Å². The number of carbonyl (C=O) groups excluding carboxylic acids is 1. The molecule has 33 heavy (non-hydrogen) atoms. The van der Waals surface area contributed by atoms with Crippen molar-refractivity contribution < 1.29 is 13.9 Å². The lowest BCUT2D eigenvalue weighted by molar-refractivity contribution is 0.0971. The van der Waals surface area contributed by atoms with E-state index in [2.05, 4.69) is 4.98 Å². The second kappa shape index (κ2) is 7.53. The van der Waals surface area contributed by atoms with Crippen LogP contribution in [-0.4, -0.2) is 22.5 Å². The van der Waals surface area contributed by atoms with E-state index in [4.69, 9.17) is 14.1 Å². The average molecular weight is 455 g/mol. The third kappa shape index (κ3) is 3.02. The topological polar surface area (TPSA) is 85.5 Å². The Morgan fingerprint density at radius 3 is 2.82 bits per heavy atom. The Hall–Kier alpha value is -4.04. The molecule has 3 aromatic heterocycles. The SMILES string of the molecule is CCOc1ccc2nc(N3C(=O)c4oc5ccccc5c(=O)c4C3c3cccnc3)sc2c1. The van der Waals surface area contributed by atoms with Gasteiger partial charge in [-0.15, -0.1) is 0 Å². The summed E-state index contributed by atoms with van der Waals surface area (Å²) in [6.07, 6.45) is 3.32. The Morgan fingerprint density at radius 2 is 2.00 bits per heavy atom. The van der Waals surface area contributed by atoms with Gasteiger partial charge in [-0.3, -0.25) is 19.5 Å². The highest BCUT2D eigenvalue weighted by Crippen LogP contribution is 2.43. The minimum Gasteiger partial charge on any atom is -0.494 e. The predicted octanol–water partition coefficient (Wildman–Crippen LogP) is 4.95. The summed E-state index contributed by atoms with van der Waals surface area (Å²) < 4.78 is 12.5. The highest BCUT2D eigenvalue weighted by atomic mass is 32.1. The molecule has 4 heterocycles. The number of hydrogen-bond donors (Lipinski definition) is 0. The minimum atomic E-state index is -0.686. The molecule has 6 rings (SSSR count). The first-order chi connectivity index (χ1) is 16.2.